The van der Waals surface area contributed by atoms with Crippen molar-refractivity contribution in [2.24, 2.45) is 28.7 Å². The Hall–Kier alpha value is -1.22. The van der Waals surface area contributed by atoms with E-state index in [1.54, 1.807) is 0 Å². The highest BCUT2D eigenvalue weighted by Gasteiger charge is 2.42. The van der Waals surface area contributed by atoms with Crippen molar-refractivity contribution in [1.82, 2.24) is 4.90 Å². The maximum absolute atomic E-state index is 12.5. The average Bonchev–Trinajstić information content (AvgIpc) is 2.73. The number of aliphatic hydroxyl groups is 1. The molecule has 3 atom stereocenters. The molecule has 2 rings (SSSR count). The fourth-order valence-corrected chi connectivity index (χ4v) is 5.07. The second-order valence-electron chi connectivity index (χ2n) is 9.93. The molecule has 0 aromatic heterocycles. The number of carbonyl (C=O) groups is 2. The quantitative estimate of drug-likeness (QED) is 0.373. The highest BCUT2D eigenvalue weighted by Crippen LogP contribution is 2.39. The number of aliphatic hydroxyl groups excluding tert-OH is 1. The van der Waals surface area contributed by atoms with E-state index in [9.17, 15) is 9.90 Å². The lowest BCUT2D eigenvalue weighted by atomic mass is 9.68. The molecule has 2 fully saturated rings. The van der Waals surface area contributed by atoms with E-state index in [4.69, 9.17) is 26.1 Å². The number of aliphatic carboxylic acids is 1. The highest BCUT2D eigenvalue weighted by molar-refractivity contribution is 5.81. The third-order valence-electron chi connectivity index (χ3n) is 7.19. The summed E-state index contributed by atoms with van der Waals surface area (Å²) in [7, 11) is 0. The molecule has 0 spiro atoms. The van der Waals surface area contributed by atoms with Gasteiger partial charge in [-0.2, -0.15) is 0 Å². The molecule has 0 bridgehead atoms. The van der Waals surface area contributed by atoms with Crippen LogP contribution in [0.1, 0.15) is 78.6 Å². The van der Waals surface area contributed by atoms with Crippen molar-refractivity contribution in [1.29, 1.82) is 0 Å². The molecular formula is C24H47N3O5. The number of nitrogens with zero attached hydrogens (tertiary/aromatic N) is 1. The molecule has 8 nitrogen and oxygen atoms in total. The first-order chi connectivity index (χ1) is 15.1. The smallest absolute Gasteiger partial charge is 0.300 e. The zero-order valence-electron chi connectivity index (χ0n) is 20.4. The minimum absolute atomic E-state index is 0.0752. The molecule has 1 aliphatic carbocycles. The first-order valence-electron chi connectivity index (χ1n) is 12.3. The molecule has 1 amide bonds. The monoisotopic (exact) mass is 457 g/mol. The Labute approximate surface area is 194 Å². The molecule has 0 unspecified atom stereocenters. The zero-order valence-corrected chi connectivity index (χ0v) is 20.4. The summed E-state index contributed by atoms with van der Waals surface area (Å²) in [6, 6.07) is -0.278. The van der Waals surface area contributed by atoms with Gasteiger partial charge in [0.2, 0.25) is 5.91 Å². The molecule has 6 N–H and O–H groups in total. The fourth-order valence-electron chi connectivity index (χ4n) is 5.07. The molecule has 1 saturated carbocycles. The maximum atomic E-state index is 12.5. The summed E-state index contributed by atoms with van der Waals surface area (Å²) in [6.07, 6.45) is 8.42. The van der Waals surface area contributed by atoms with Gasteiger partial charge in [0.1, 0.15) is 0 Å². The van der Waals surface area contributed by atoms with Crippen molar-refractivity contribution < 1.29 is 24.5 Å². The average molecular weight is 458 g/mol. The minimum Gasteiger partial charge on any atom is -0.481 e. The molecule has 0 aromatic rings. The summed E-state index contributed by atoms with van der Waals surface area (Å²) in [5, 5.41) is 18.3. The van der Waals surface area contributed by atoms with Crippen LogP contribution in [0.3, 0.4) is 0 Å². The number of morpholine rings is 1. The van der Waals surface area contributed by atoms with Crippen molar-refractivity contribution >= 4 is 11.9 Å². The van der Waals surface area contributed by atoms with E-state index in [2.05, 4.69) is 4.90 Å². The Bertz CT molecular complexity index is 544. The molecule has 1 saturated heterocycles. The topological polar surface area (TPSA) is 139 Å². The fraction of sp³-hybridized carbons (Fsp3) is 0.917. The van der Waals surface area contributed by atoms with Crippen LogP contribution < -0.4 is 11.5 Å². The molecule has 32 heavy (non-hydrogen) atoms. The minimum atomic E-state index is -0.833. The molecular weight excluding hydrogens is 410 g/mol. The van der Waals surface area contributed by atoms with Crippen LogP contribution in [0.2, 0.25) is 0 Å². The summed E-state index contributed by atoms with van der Waals surface area (Å²) < 4.78 is 5.40. The third kappa shape index (κ3) is 10.1. The van der Waals surface area contributed by atoms with Crippen LogP contribution in [0.25, 0.3) is 0 Å². The van der Waals surface area contributed by atoms with Gasteiger partial charge < -0.3 is 26.4 Å². The number of primary amides is 1. The number of carboxylic acids is 1. The standard InChI is InChI=1S/C22H43N3O3.C2H4O2/c1-17(2)22(21(24)27,9-6-10-25-11-13-28-14-12-25)16-20(26)19(23)15-18-7-4-3-5-8-18;1-2(3)4/h17-20,26H,3-16,23H2,1-2H3,(H2,24,27);1H3,(H,3,4)/t19-,20-,22+;/m0./s1. The Morgan fingerprint density at radius 2 is 1.72 bits per heavy atom. The van der Waals surface area contributed by atoms with Crippen LogP contribution in [-0.2, 0) is 14.3 Å². The van der Waals surface area contributed by atoms with Gasteiger partial charge >= 0.3 is 0 Å². The van der Waals surface area contributed by atoms with E-state index in [0.29, 0.717) is 18.8 Å². The highest BCUT2D eigenvalue weighted by atomic mass is 16.5. The first kappa shape index (κ1) is 28.8. The molecule has 1 aliphatic heterocycles. The Morgan fingerprint density at radius 3 is 2.22 bits per heavy atom. The van der Waals surface area contributed by atoms with Crippen molar-refractivity contribution in [3.05, 3.63) is 0 Å². The summed E-state index contributed by atoms with van der Waals surface area (Å²) in [4.78, 5) is 23.9. The van der Waals surface area contributed by atoms with E-state index in [-0.39, 0.29) is 17.9 Å². The predicted octanol–water partition coefficient (Wildman–Crippen LogP) is 2.37. The molecule has 8 heteroatoms. The molecule has 0 radical (unpaired) electrons. The summed E-state index contributed by atoms with van der Waals surface area (Å²) >= 11 is 0. The molecule has 188 valence electrons. The Balaban J connectivity index is 0.00000118. The van der Waals surface area contributed by atoms with E-state index in [1.165, 1.54) is 32.1 Å². The van der Waals surface area contributed by atoms with E-state index in [0.717, 1.165) is 52.6 Å². The van der Waals surface area contributed by atoms with Gasteiger partial charge in [0, 0.05) is 26.1 Å². The number of rotatable bonds is 11. The summed E-state index contributed by atoms with van der Waals surface area (Å²) in [6.45, 7) is 9.55. The second kappa shape index (κ2) is 14.8. The SMILES string of the molecule is CC(=O)O.CC(C)[C@@](CCCN1CCOCC1)(C[C@H](O)[C@@H](N)CC1CCCCC1)C(N)=O. The van der Waals surface area contributed by atoms with Crippen molar-refractivity contribution in [2.75, 3.05) is 32.8 Å². The number of carbonyl (C=O) groups excluding carboxylic acids is 1. The van der Waals surface area contributed by atoms with Gasteiger partial charge in [0.05, 0.1) is 24.7 Å². The number of amides is 1. The van der Waals surface area contributed by atoms with Crippen molar-refractivity contribution in [2.45, 2.75) is 90.7 Å². The van der Waals surface area contributed by atoms with Crippen LogP contribution in [0, 0.1) is 17.3 Å². The lowest BCUT2D eigenvalue weighted by Gasteiger charge is -2.39. The lowest BCUT2D eigenvalue weighted by Crippen LogP contribution is -2.48. The third-order valence-corrected chi connectivity index (χ3v) is 7.19. The van der Waals surface area contributed by atoms with Crippen molar-refractivity contribution in [3.63, 3.8) is 0 Å². The molecule has 0 aromatic carbocycles. The van der Waals surface area contributed by atoms with Gasteiger partial charge in [0.15, 0.2) is 0 Å². The van der Waals surface area contributed by atoms with E-state index < -0.39 is 17.5 Å². The lowest BCUT2D eigenvalue weighted by molar-refractivity contribution is -0.135. The summed E-state index contributed by atoms with van der Waals surface area (Å²) in [5.41, 5.74) is 11.6. The van der Waals surface area contributed by atoms with Gasteiger partial charge in [-0.25, -0.2) is 0 Å². The predicted molar refractivity (Wildman–Crippen MR) is 126 cm³/mol. The van der Waals surface area contributed by atoms with Crippen LogP contribution in [-0.4, -0.2) is 72.0 Å². The summed E-state index contributed by atoms with van der Waals surface area (Å²) in [5.74, 6) is -0.443. The molecule has 1 heterocycles. The van der Waals surface area contributed by atoms with E-state index in [1.807, 2.05) is 13.8 Å². The van der Waals surface area contributed by atoms with Crippen LogP contribution in [0.15, 0.2) is 0 Å². The van der Waals surface area contributed by atoms with Gasteiger partial charge in [-0.05, 0) is 44.1 Å². The number of nitrogens with two attached hydrogens (primary N) is 2. The normalized spacial score (nSPS) is 21.8. The maximum Gasteiger partial charge on any atom is 0.300 e. The Kier molecular flexibility index (Phi) is 13.4. The zero-order chi connectivity index (χ0) is 24.1. The van der Waals surface area contributed by atoms with Gasteiger partial charge in [-0.3, -0.25) is 14.5 Å². The van der Waals surface area contributed by atoms with Crippen LogP contribution in [0.4, 0.5) is 0 Å². The number of carboxylic acid groups (broad SMARTS) is 1. The Morgan fingerprint density at radius 1 is 1.16 bits per heavy atom. The second-order valence-corrected chi connectivity index (χ2v) is 9.93. The first-order valence-corrected chi connectivity index (χ1v) is 12.3. The number of hydrogen-bond acceptors (Lipinski definition) is 6. The van der Waals surface area contributed by atoms with Gasteiger partial charge in [-0.15, -0.1) is 0 Å². The van der Waals surface area contributed by atoms with Crippen LogP contribution >= 0.6 is 0 Å². The largest absolute Gasteiger partial charge is 0.481 e. The van der Waals surface area contributed by atoms with Gasteiger partial charge in [-0.1, -0.05) is 46.0 Å². The van der Waals surface area contributed by atoms with E-state index >= 15 is 0 Å². The van der Waals surface area contributed by atoms with Gasteiger partial charge in [0.25, 0.3) is 5.97 Å². The van der Waals surface area contributed by atoms with Crippen molar-refractivity contribution in [3.8, 4) is 0 Å². The number of ether oxygens (including phenoxy) is 1. The molecule has 2 aliphatic rings. The van der Waals surface area contributed by atoms with Crippen LogP contribution in [0.5, 0.6) is 0 Å². The number of hydrogen-bond donors (Lipinski definition) is 4.